The molecule has 102 valence electrons. The quantitative estimate of drug-likeness (QED) is 0.913. The number of ether oxygens (including phenoxy) is 1. The SMILES string of the molecule is COC1(C(O)Cc2nccs2)CCC(C)(C)CC1. The summed E-state index contributed by atoms with van der Waals surface area (Å²) in [7, 11) is 1.73. The largest absolute Gasteiger partial charge is 0.390 e. The summed E-state index contributed by atoms with van der Waals surface area (Å²) in [5.74, 6) is 0. The maximum atomic E-state index is 10.5. The van der Waals surface area contributed by atoms with Gasteiger partial charge in [-0.3, -0.25) is 0 Å². The van der Waals surface area contributed by atoms with Crippen molar-refractivity contribution in [1.29, 1.82) is 0 Å². The Balaban J connectivity index is 2.03. The van der Waals surface area contributed by atoms with E-state index in [1.807, 2.05) is 5.38 Å². The molecule has 1 atom stereocenters. The van der Waals surface area contributed by atoms with Crippen LogP contribution in [0.2, 0.25) is 0 Å². The molecule has 1 saturated carbocycles. The lowest BCUT2D eigenvalue weighted by Crippen LogP contribution is -2.49. The zero-order valence-corrected chi connectivity index (χ0v) is 12.3. The molecule has 0 spiro atoms. The van der Waals surface area contributed by atoms with Crippen LogP contribution in [0, 0.1) is 5.41 Å². The predicted octanol–water partition coefficient (Wildman–Crippen LogP) is 3.03. The second kappa shape index (κ2) is 5.27. The summed E-state index contributed by atoms with van der Waals surface area (Å²) in [6.07, 6.45) is 6.02. The van der Waals surface area contributed by atoms with Crippen LogP contribution in [0.4, 0.5) is 0 Å². The summed E-state index contributed by atoms with van der Waals surface area (Å²) in [6.45, 7) is 4.58. The van der Waals surface area contributed by atoms with Gasteiger partial charge in [0.25, 0.3) is 0 Å². The molecule has 1 aromatic rings. The lowest BCUT2D eigenvalue weighted by Gasteiger charge is -2.45. The van der Waals surface area contributed by atoms with E-state index in [0.29, 0.717) is 11.8 Å². The van der Waals surface area contributed by atoms with Crippen molar-refractivity contribution in [3.05, 3.63) is 16.6 Å². The highest BCUT2D eigenvalue weighted by atomic mass is 32.1. The first kappa shape index (κ1) is 14.0. The molecule has 0 saturated heterocycles. The Morgan fingerprint density at radius 2 is 2.06 bits per heavy atom. The molecule has 1 N–H and O–H groups in total. The first-order valence-electron chi connectivity index (χ1n) is 6.59. The van der Waals surface area contributed by atoms with Crippen molar-refractivity contribution in [3.63, 3.8) is 0 Å². The Morgan fingerprint density at radius 3 is 2.56 bits per heavy atom. The topological polar surface area (TPSA) is 42.4 Å². The van der Waals surface area contributed by atoms with Gasteiger partial charge in [-0.25, -0.2) is 4.98 Å². The van der Waals surface area contributed by atoms with Crippen LogP contribution in [0.1, 0.15) is 44.5 Å². The summed E-state index contributed by atoms with van der Waals surface area (Å²) < 4.78 is 5.71. The van der Waals surface area contributed by atoms with E-state index in [4.69, 9.17) is 4.74 Å². The van der Waals surface area contributed by atoms with Crippen LogP contribution in [0.25, 0.3) is 0 Å². The van der Waals surface area contributed by atoms with Crippen molar-refractivity contribution in [2.45, 2.75) is 57.7 Å². The Labute approximate surface area is 113 Å². The highest BCUT2D eigenvalue weighted by molar-refractivity contribution is 7.09. The molecule has 4 heteroatoms. The number of hydrogen-bond acceptors (Lipinski definition) is 4. The highest BCUT2D eigenvalue weighted by Crippen LogP contribution is 2.43. The van der Waals surface area contributed by atoms with Crippen LogP contribution in [0.15, 0.2) is 11.6 Å². The summed E-state index contributed by atoms with van der Waals surface area (Å²) >= 11 is 1.60. The van der Waals surface area contributed by atoms with Crippen molar-refractivity contribution in [1.82, 2.24) is 4.98 Å². The molecule has 0 aromatic carbocycles. The molecule has 2 rings (SSSR count). The van der Waals surface area contributed by atoms with Gasteiger partial charge in [-0.05, 0) is 31.1 Å². The lowest BCUT2D eigenvalue weighted by molar-refractivity contribution is -0.135. The molecule has 1 heterocycles. The van der Waals surface area contributed by atoms with Gasteiger partial charge >= 0.3 is 0 Å². The van der Waals surface area contributed by atoms with E-state index in [-0.39, 0.29) is 5.60 Å². The molecule has 3 nitrogen and oxygen atoms in total. The second-order valence-corrected chi connectivity index (χ2v) is 7.06. The molecular weight excluding hydrogens is 246 g/mol. The fraction of sp³-hybridized carbons (Fsp3) is 0.786. The minimum atomic E-state index is -0.454. The lowest BCUT2D eigenvalue weighted by atomic mass is 9.68. The van der Waals surface area contributed by atoms with Gasteiger partial charge in [0, 0.05) is 25.1 Å². The first-order valence-corrected chi connectivity index (χ1v) is 7.47. The van der Waals surface area contributed by atoms with Gasteiger partial charge in [0.05, 0.1) is 16.7 Å². The zero-order chi connectivity index (χ0) is 13.2. The molecule has 1 fully saturated rings. The van der Waals surface area contributed by atoms with Crippen LogP contribution in [0.5, 0.6) is 0 Å². The van der Waals surface area contributed by atoms with E-state index in [1.54, 1.807) is 24.6 Å². The van der Waals surface area contributed by atoms with Gasteiger partial charge in [-0.2, -0.15) is 0 Å². The molecule has 0 amide bonds. The number of aromatic nitrogens is 1. The summed E-state index contributed by atoms with van der Waals surface area (Å²) in [5.41, 5.74) is 0.00409. The third-order valence-corrected chi connectivity index (χ3v) is 5.12. The summed E-state index contributed by atoms with van der Waals surface area (Å²) in [4.78, 5) is 4.25. The molecule has 1 aromatic heterocycles. The Bertz CT molecular complexity index is 365. The Hall–Kier alpha value is -0.450. The number of nitrogens with zero attached hydrogens (tertiary/aromatic N) is 1. The van der Waals surface area contributed by atoms with Gasteiger partial charge in [-0.15, -0.1) is 11.3 Å². The molecule has 18 heavy (non-hydrogen) atoms. The van der Waals surface area contributed by atoms with Gasteiger partial charge in [-0.1, -0.05) is 13.8 Å². The fourth-order valence-electron chi connectivity index (χ4n) is 2.73. The number of hydrogen-bond donors (Lipinski definition) is 1. The van der Waals surface area contributed by atoms with Crippen molar-refractivity contribution in [2.24, 2.45) is 5.41 Å². The summed E-state index contributed by atoms with van der Waals surface area (Å²) in [5, 5.41) is 13.4. The summed E-state index contributed by atoms with van der Waals surface area (Å²) in [6, 6.07) is 0. The average Bonchev–Trinajstić information content (AvgIpc) is 2.82. The van der Waals surface area contributed by atoms with Gasteiger partial charge in [0.1, 0.15) is 0 Å². The van der Waals surface area contributed by atoms with E-state index in [2.05, 4.69) is 18.8 Å². The Morgan fingerprint density at radius 1 is 1.39 bits per heavy atom. The molecule has 1 aliphatic rings. The first-order chi connectivity index (χ1) is 8.47. The van der Waals surface area contributed by atoms with Crippen LogP contribution in [-0.4, -0.2) is 28.9 Å². The molecule has 0 radical (unpaired) electrons. The van der Waals surface area contributed by atoms with Crippen molar-refractivity contribution in [2.75, 3.05) is 7.11 Å². The van der Waals surface area contributed by atoms with E-state index < -0.39 is 6.10 Å². The standard InChI is InChI=1S/C14H23NO2S/c1-13(2)4-6-14(17-3,7-5-13)11(16)10-12-15-8-9-18-12/h8-9,11,16H,4-7,10H2,1-3H3. The van der Waals surface area contributed by atoms with E-state index in [9.17, 15) is 5.11 Å². The van der Waals surface area contributed by atoms with Crippen molar-refractivity contribution < 1.29 is 9.84 Å². The van der Waals surface area contributed by atoms with Crippen LogP contribution >= 0.6 is 11.3 Å². The molecule has 0 aliphatic heterocycles. The third kappa shape index (κ3) is 2.92. The van der Waals surface area contributed by atoms with Crippen molar-refractivity contribution in [3.8, 4) is 0 Å². The number of rotatable bonds is 4. The minimum absolute atomic E-state index is 0.374. The molecule has 1 aliphatic carbocycles. The van der Waals surface area contributed by atoms with Crippen LogP contribution < -0.4 is 0 Å². The smallest absolute Gasteiger partial charge is 0.0951 e. The molecular formula is C14H23NO2S. The molecule has 0 bridgehead atoms. The van der Waals surface area contributed by atoms with Crippen molar-refractivity contribution >= 4 is 11.3 Å². The Kier molecular flexibility index (Phi) is 4.09. The maximum Gasteiger partial charge on any atom is 0.0951 e. The van der Waals surface area contributed by atoms with Gasteiger partial charge < -0.3 is 9.84 Å². The third-order valence-electron chi connectivity index (χ3n) is 4.32. The van der Waals surface area contributed by atoms with E-state index in [0.717, 1.165) is 30.7 Å². The number of aliphatic hydroxyl groups is 1. The number of methoxy groups -OCH3 is 1. The maximum absolute atomic E-state index is 10.5. The highest BCUT2D eigenvalue weighted by Gasteiger charge is 2.43. The monoisotopic (exact) mass is 269 g/mol. The van der Waals surface area contributed by atoms with E-state index >= 15 is 0 Å². The minimum Gasteiger partial charge on any atom is -0.390 e. The number of thiazole rings is 1. The normalized spacial score (nSPS) is 23.8. The number of aliphatic hydroxyl groups excluding tert-OH is 1. The van der Waals surface area contributed by atoms with Gasteiger partial charge in [0.15, 0.2) is 0 Å². The second-order valence-electron chi connectivity index (χ2n) is 6.08. The van der Waals surface area contributed by atoms with Crippen LogP contribution in [-0.2, 0) is 11.2 Å². The van der Waals surface area contributed by atoms with Gasteiger partial charge in [0.2, 0.25) is 0 Å². The zero-order valence-electron chi connectivity index (χ0n) is 11.5. The average molecular weight is 269 g/mol. The van der Waals surface area contributed by atoms with E-state index in [1.165, 1.54) is 0 Å². The molecule has 1 unspecified atom stereocenters. The van der Waals surface area contributed by atoms with Crippen LogP contribution in [0.3, 0.4) is 0 Å². The fourth-order valence-corrected chi connectivity index (χ4v) is 3.38. The predicted molar refractivity (Wildman–Crippen MR) is 73.8 cm³/mol.